The Morgan fingerprint density at radius 1 is 1.35 bits per heavy atom. The third kappa shape index (κ3) is 3.18. The van der Waals surface area contributed by atoms with E-state index in [4.69, 9.17) is 9.47 Å². The van der Waals surface area contributed by atoms with Crippen LogP contribution in [0.2, 0.25) is 0 Å². The highest BCUT2D eigenvalue weighted by Crippen LogP contribution is 2.37. The molecule has 3 fully saturated rings. The van der Waals surface area contributed by atoms with Gasteiger partial charge >= 0.3 is 0 Å². The molecular weight excluding hydrogens is 332 g/mol. The summed E-state index contributed by atoms with van der Waals surface area (Å²) in [6, 6.07) is 7.53. The van der Waals surface area contributed by atoms with Crippen LogP contribution in [0.1, 0.15) is 42.5 Å². The Morgan fingerprint density at radius 2 is 2.23 bits per heavy atom. The van der Waals surface area contributed by atoms with Crippen molar-refractivity contribution in [1.82, 2.24) is 9.80 Å². The number of carbonyl (C=O) groups is 2. The normalized spacial score (nSPS) is 28.8. The van der Waals surface area contributed by atoms with E-state index in [1.54, 1.807) is 13.2 Å². The molecule has 0 aliphatic carbocycles. The molecule has 0 bridgehead atoms. The van der Waals surface area contributed by atoms with Crippen LogP contribution < -0.4 is 4.74 Å². The first kappa shape index (κ1) is 17.3. The number of hydrogen-bond acceptors (Lipinski definition) is 4. The molecule has 2 atom stereocenters. The van der Waals surface area contributed by atoms with Crippen LogP contribution in [-0.4, -0.2) is 66.6 Å². The van der Waals surface area contributed by atoms with Crippen LogP contribution in [0, 0.1) is 0 Å². The molecule has 3 aliphatic rings. The molecule has 3 aliphatic heterocycles. The van der Waals surface area contributed by atoms with Crippen molar-refractivity contribution < 1.29 is 19.1 Å². The van der Waals surface area contributed by atoms with E-state index in [0.717, 1.165) is 32.2 Å². The fourth-order valence-corrected chi connectivity index (χ4v) is 4.56. The average molecular weight is 358 g/mol. The van der Waals surface area contributed by atoms with Gasteiger partial charge in [0.05, 0.1) is 19.3 Å². The van der Waals surface area contributed by atoms with Crippen molar-refractivity contribution in [2.24, 2.45) is 0 Å². The summed E-state index contributed by atoms with van der Waals surface area (Å²) in [7, 11) is 1.60. The second kappa shape index (κ2) is 6.91. The monoisotopic (exact) mass is 358 g/mol. The van der Waals surface area contributed by atoms with E-state index in [-0.39, 0.29) is 23.5 Å². The Bertz CT molecular complexity index is 707. The van der Waals surface area contributed by atoms with Gasteiger partial charge in [-0.3, -0.25) is 9.59 Å². The third-order valence-corrected chi connectivity index (χ3v) is 5.94. The van der Waals surface area contributed by atoms with Crippen molar-refractivity contribution >= 4 is 11.8 Å². The SMILES string of the molecule is COc1cccc(C(=O)N2CC[C@@]3(C[C@@H](N4CCCC4=O)CCO3)C2)c1. The van der Waals surface area contributed by atoms with E-state index in [0.29, 0.717) is 37.4 Å². The van der Waals surface area contributed by atoms with Crippen LogP contribution in [0.4, 0.5) is 0 Å². The molecule has 0 aromatic heterocycles. The van der Waals surface area contributed by atoms with Crippen molar-refractivity contribution in [1.29, 1.82) is 0 Å². The fourth-order valence-electron chi connectivity index (χ4n) is 4.56. The first-order valence-electron chi connectivity index (χ1n) is 9.47. The second-order valence-electron chi connectivity index (χ2n) is 7.58. The van der Waals surface area contributed by atoms with Gasteiger partial charge in [0.15, 0.2) is 0 Å². The van der Waals surface area contributed by atoms with Crippen molar-refractivity contribution in [2.45, 2.75) is 43.7 Å². The van der Waals surface area contributed by atoms with E-state index in [2.05, 4.69) is 0 Å². The highest BCUT2D eigenvalue weighted by Gasteiger charge is 2.46. The number of methoxy groups -OCH3 is 1. The molecule has 0 unspecified atom stereocenters. The molecule has 2 amide bonds. The highest BCUT2D eigenvalue weighted by molar-refractivity contribution is 5.94. The maximum absolute atomic E-state index is 12.9. The van der Waals surface area contributed by atoms with Gasteiger partial charge in [0, 0.05) is 37.7 Å². The molecule has 6 heteroatoms. The minimum Gasteiger partial charge on any atom is -0.497 e. The molecule has 0 radical (unpaired) electrons. The number of carbonyl (C=O) groups excluding carboxylic acids is 2. The third-order valence-electron chi connectivity index (χ3n) is 5.94. The summed E-state index contributed by atoms with van der Waals surface area (Å²) in [5.74, 6) is 0.976. The van der Waals surface area contributed by atoms with Gasteiger partial charge in [0.2, 0.25) is 5.91 Å². The molecule has 0 N–H and O–H groups in total. The van der Waals surface area contributed by atoms with Crippen LogP contribution in [0.5, 0.6) is 5.75 Å². The second-order valence-corrected chi connectivity index (χ2v) is 7.58. The van der Waals surface area contributed by atoms with E-state index < -0.39 is 0 Å². The summed E-state index contributed by atoms with van der Waals surface area (Å²) in [6.45, 7) is 2.82. The predicted octanol–water partition coefficient (Wildman–Crippen LogP) is 2.08. The Balaban J connectivity index is 1.45. The molecule has 140 valence electrons. The summed E-state index contributed by atoms with van der Waals surface area (Å²) in [5.41, 5.74) is 0.337. The molecule has 1 spiro atoms. The average Bonchev–Trinajstić information content (AvgIpc) is 3.28. The molecule has 0 saturated carbocycles. The first-order valence-corrected chi connectivity index (χ1v) is 9.47. The lowest BCUT2D eigenvalue weighted by Gasteiger charge is -2.41. The van der Waals surface area contributed by atoms with Gasteiger partial charge in [-0.2, -0.15) is 0 Å². The summed E-state index contributed by atoms with van der Waals surface area (Å²) < 4.78 is 11.4. The van der Waals surface area contributed by atoms with Crippen LogP contribution in [0.3, 0.4) is 0 Å². The lowest BCUT2D eigenvalue weighted by Crippen LogP contribution is -2.50. The van der Waals surface area contributed by atoms with E-state index in [9.17, 15) is 9.59 Å². The molecule has 3 saturated heterocycles. The zero-order chi connectivity index (χ0) is 18.1. The van der Waals surface area contributed by atoms with E-state index in [1.165, 1.54) is 0 Å². The number of ether oxygens (including phenoxy) is 2. The van der Waals surface area contributed by atoms with Crippen LogP contribution in [-0.2, 0) is 9.53 Å². The number of benzene rings is 1. The van der Waals surface area contributed by atoms with Crippen molar-refractivity contribution in [3.63, 3.8) is 0 Å². The van der Waals surface area contributed by atoms with Gasteiger partial charge in [0.1, 0.15) is 5.75 Å². The van der Waals surface area contributed by atoms with Gasteiger partial charge in [0.25, 0.3) is 5.91 Å². The van der Waals surface area contributed by atoms with Crippen LogP contribution in [0.15, 0.2) is 24.3 Å². The van der Waals surface area contributed by atoms with Gasteiger partial charge in [-0.25, -0.2) is 0 Å². The first-order chi connectivity index (χ1) is 12.6. The summed E-state index contributed by atoms with van der Waals surface area (Å²) in [6.07, 6.45) is 4.20. The molecule has 1 aromatic rings. The van der Waals surface area contributed by atoms with Gasteiger partial charge in [-0.05, 0) is 43.9 Å². The van der Waals surface area contributed by atoms with Crippen LogP contribution in [0.25, 0.3) is 0 Å². The lowest BCUT2D eigenvalue weighted by atomic mass is 9.89. The molecule has 4 rings (SSSR count). The smallest absolute Gasteiger partial charge is 0.254 e. The number of likely N-dealkylation sites (tertiary alicyclic amines) is 2. The Kier molecular flexibility index (Phi) is 4.61. The fraction of sp³-hybridized carbons (Fsp3) is 0.600. The zero-order valence-electron chi connectivity index (χ0n) is 15.3. The Labute approximate surface area is 154 Å². The minimum absolute atomic E-state index is 0.0174. The Hall–Kier alpha value is -2.08. The van der Waals surface area contributed by atoms with Gasteiger partial charge in [-0.15, -0.1) is 0 Å². The summed E-state index contributed by atoms with van der Waals surface area (Å²) >= 11 is 0. The standard InChI is InChI=1S/C20H26N2O4/c1-25-17-5-2-4-15(12-17)19(24)21-10-8-20(14-21)13-16(7-11-26-20)22-9-3-6-18(22)23/h2,4-5,12,16H,3,6-11,13-14H2,1H3/t16-,20+/m0/s1. The highest BCUT2D eigenvalue weighted by atomic mass is 16.5. The van der Waals surface area contributed by atoms with Crippen molar-refractivity contribution in [2.75, 3.05) is 33.4 Å². The van der Waals surface area contributed by atoms with Crippen molar-refractivity contribution in [3.05, 3.63) is 29.8 Å². The van der Waals surface area contributed by atoms with Crippen molar-refractivity contribution in [3.8, 4) is 5.75 Å². The largest absolute Gasteiger partial charge is 0.497 e. The summed E-state index contributed by atoms with van der Waals surface area (Å²) in [4.78, 5) is 28.9. The molecule has 3 heterocycles. The molecule has 26 heavy (non-hydrogen) atoms. The quantitative estimate of drug-likeness (QED) is 0.830. The lowest BCUT2D eigenvalue weighted by molar-refractivity contribution is -0.137. The topological polar surface area (TPSA) is 59.1 Å². The van der Waals surface area contributed by atoms with Crippen LogP contribution >= 0.6 is 0 Å². The molecule has 1 aromatic carbocycles. The molecular formula is C20H26N2O4. The maximum Gasteiger partial charge on any atom is 0.254 e. The number of nitrogens with zero attached hydrogens (tertiary/aromatic N) is 2. The number of hydrogen-bond donors (Lipinski definition) is 0. The van der Waals surface area contributed by atoms with Gasteiger partial charge in [-0.1, -0.05) is 6.07 Å². The molecule has 6 nitrogen and oxygen atoms in total. The maximum atomic E-state index is 12.9. The predicted molar refractivity (Wildman–Crippen MR) is 96.2 cm³/mol. The number of amides is 2. The van der Waals surface area contributed by atoms with E-state index in [1.807, 2.05) is 28.0 Å². The summed E-state index contributed by atoms with van der Waals surface area (Å²) in [5, 5.41) is 0. The van der Waals surface area contributed by atoms with Gasteiger partial charge < -0.3 is 19.3 Å². The number of rotatable bonds is 3. The Morgan fingerprint density at radius 3 is 3.00 bits per heavy atom. The minimum atomic E-state index is -0.305. The zero-order valence-corrected chi connectivity index (χ0v) is 15.3. The van der Waals surface area contributed by atoms with E-state index >= 15 is 0 Å².